The monoisotopic (exact) mass is 342 g/mol. The summed E-state index contributed by atoms with van der Waals surface area (Å²) in [6, 6.07) is 7.93. The molecule has 0 atom stereocenters. The fraction of sp³-hybridized carbons (Fsp3) is 0.714. The zero-order valence-corrected chi connectivity index (χ0v) is 15.8. The van der Waals surface area contributed by atoms with E-state index in [-0.39, 0.29) is 0 Å². The van der Waals surface area contributed by atoms with Crippen LogP contribution < -0.4 is 15.1 Å². The van der Waals surface area contributed by atoms with E-state index in [0.717, 1.165) is 32.2 Å². The van der Waals surface area contributed by atoms with Crippen molar-refractivity contribution in [3.8, 4) is 0 Å². The predicted octanol–water partition coefficient (Wildman–Crippen LogP) is 2.86. The van der Waals surface area contributed by atoms with Crippen LogP contribution in [0.25, 0.3) is 0 Å². The van der Waals surface area contributed by atoms with Gasteiger partial charge < -0.3 is 20.0 Å². The number of piperidine rings is 2. The number of rotatable bonds is 3. The average molecular weight is 343 g/mol. The van der Waals surface area contributed by atoms with E-state index in [1.54, 1.807) is 0 Å². The van der Waals surface area contributed by atoms with E-state index in [0.29, 0.717) is 0 Å². The number of nitrogens with zero attached hydrogens (tertiary/aromatic N) is 3. The molecule has 3 saturated heterocycles. The van der Waals surface area contributed by atoms with Crippen molar-refractivity contribution < 1.29 is 0 Å². The van der Waals surface area contributed by atoms with E-state index in [1.165, 1.54) is 75.2 Å². The van der Waals surface area contributed by atoms with Crippen molar-refractivity contribution in [2.45, 2.75) is 45.1 Å². The van der Waals surface area contributed by atoms with E-state index in [9.17, 15) is 0 Å². The van der Waals surface area contributed by atoms with E-state index < -0.39 is 0 Å². The van der Waals surface area contributed by atoms with Crippen molar-refractivity contribution in [2.75, 3.05) is 62.2 Å². The van der Waals surface area contributed by atoms with Crippen LogP contribution in [-0.2, 0) is 0 Å². The molecule has 0 aliphatic carbocycles. The number of anilines is 2. The van der Waals surface area contributed by atoms with Gasteiger partial charge in [-0.1, -0.05) is 12.5 Å². The van der Waals surface area contributed by atoms with E-state index in [1.807, 2.05) is 0 Å². The Morgan fingerprint density at radius 1 is 0.840 bits per heavy atom. The molecule has 0 amide bonds. The van der Waals surface area contributed by atoms with Gasteiger partial charge in [-0.3, -0.25) is 0 Å². The number of nitrogens with one attached hydrogen (secondary N) is 1. The lowest BCUT2D eigenvalue weighted by molar-refractivity contribution is 0.141. The number of piperazine rings is 1. The second-order valence-corrected chi connectivity index (χ2v) is 8.02. The van der Waals surface area contributed by atoms with Crippen molar-refractivity contribution in [1.82, 2.24) is 10.2 Å². The maximum absolute atomic E-state index is 3.46. The lowest BCUT2D eigenvalue weighted by Gasteiger charge is -2.41. The summed E-state index contributed by atoms with van der Waals surface area (Å²) in [7, 11) is 0. The molecule has 4 nitrogen and oxygen atoms in total. The van der Waals surface area contributed by atoms with Gasteiger partial charge in [0.15, 0.2) is 0 Å². The van der Waals surface area contributed by atoms with Crippen LogP contribution in [0.15, 0.2) is 18.2 Å². The molecule has 0 radical (unpaired) electrons. The first-order valence-electron chi connectivity index (χ1n) is 10.4. The molecule has 1 aromatic rings. The SMILES string of the molecule is Cc1ccc(N2CCC(N3CCCCC3)CC2)cc1N1CCNCC1. The van der Waals surface area contributed by atoms with E-state index in [4.69, 9.17) is 0 Å². The van der Waals surface area contributed by atoms with Gasteiger partial charge in [-0.05, 0) is 63.4 Å². The van der Waals surface area contributed by atoms with Crippen LogP contribution in [0, 0.1) is 6.92 Å². The Morgan fingerprint density at radius 3 is 2.28 bits per heavy atom. The fourth-order valence-corrected chi connectivity index (χ4v) is 4.81. The number of likely N-dealkylation sites (tertiary alicyclic amines) is 1. The van der Waals surface area contributed by atoms with Crippen molar-refractivity contribution in [3.05, 3.63) is 23.8 Å². The fourth-order valence-electron chi connectivity index (χ4n) is 4.81. The van der Waals surface area contributed by atoms with Crippen LogP contribution in [0.1, 0.15) is 37.7 Å². The highest BCUT2D eigenvalue weighted by molar-refractivity contribution is 5.64. The molecule has 0 unspecified atom stereocenters. The smallest absolute Gasteiger partial charge is 0.0417 e. The summed E-state index contributed by atoms with van der Waals surface area (Å²) >= 11 is 0. The van der Waals surface area contributed by atoms with E-state index in [2.05, 4.69) is 45.1 Å². The summed E-state index contributed by atoms with van der Waals surface area (Å²) in [6.45, 7) is 11.8. The predicted molar refractivity (Wildman–Crippen MR) is 107 cm³/mol. The van der Waals surface area contributed by atoms with Gasteiger partial charge in [0.2, 0.25) is 0 Å². The lowest BCUT2D eigenvalue weighted by Crippen LogP contribution is -2.47. The molecule has 0 aromatic heterocycles. The van der Waals surface area contributed by atoms with Crippen LogP contribution in [0.3, 0.4) is 0 Å². The van der Waals surface area contributed by atoms with Gasteiger partial charge in [-0.2, -0.15) is 0 Å². The molecule has 1 N–H and O–H groups in total. The third-order valence-corrected chi connectivity index (χ3v) is 6.39. The number of hydrogen-bond donors (Lipinski definition) is 1. The molecular formula is C21H34N4. The second kappa shape index (κ2) is 7.96. The Bertz CT molecular complexity index is 553. The Kier molecular flexibility index (Phi) is 5.47. The van der Waals surface area contributed by atoms with Crippen molar-refractivity contribution in [2.24, 2.45) is 0 Å². The maximum atomic E-state index is 3.46. The molecule has 0 saturated carbocycles. The summed E-state index contributed by atoms with van der Waals surface area (Å²) in [5.74, 6) is 0. The summed E-state index contributed by atoms with van der Waals surface area (Å²) in [5.41, 5.74) is 4.28. The quantitative estimate of drug-likeness (QED) is 0.912. The standard InChI is InChI=1S/C21H34N4/c1-18-5-6-20(17-21(18)25-15-9-22-10-16-25)24-13-7-19(8-14-24)23-11-3-2-4-12-23/h5-6,17,19,22H,2-4,7-16H2,1H3. The van der Waals surface area contributed by atoms with Gasteiger partial charge >= 0.3 is 0 Å². The summed E-state index contributed by atoms with van der Waals surface area (Å²) in [6.07, 6.45) is 6.92. The summed E-state index contributed by atoms with van der Waals surface area (Å²) in [4.78, 5) is 7.93. The highest BCUT2D eigenvalue weighted by Gasteiger charge is 2.26. The number of benzene rings is 1. The summed E-state index contributed by atoms with van der Waals surface area (Å²) < 4.78 is 0. The number of aryl methyl sites for hydroxylation is 1. The molecule has 4 rings (SSSR count). The average Bonchev–Trinajstić information content (AvgIpc) is 2.70. The lowest BCUT2D eigenvalue weighted by atomic mass is 9.99. The van der Waals surface area contributed by atoms with Crippen molar-refractivity contribution >= 4 is 11.4 Å². The van der Waals surface area contributed by atoms with Gasteiger partial charge in [0.1, 0.15) is 0 Å². The largest absolute Gasteiger partial charge is 0.371 e. The molecule has 25 heavy (non-hydrogen) atoms. The van der Waals surface area contributed by atoms with Gasteiger partial charge in [0, 0.05) is 56.7 Å². The molecular weight excluding hydrogens is 308 g/mol. The molecule has 1 aromatic carbocycles. The Balaban J connectivity index is 1.40. The minimum Gasteiger partial charge on any atom is -0.371 e. The van der Waals surface area contributed by atoms with Crippen molar-refractivity contribution in [3.63, 3.8) is 0 Å². The third-order valence-electron chi connectivity index (χ3n) is 6.39. The molecule has 4 heteroatoms. The van der Waals surface area contributed by atoms with Crippen LogP contribution in [0.5, 0.6) is 0 Å². The maximum Gasteiger partial charge on any atom is 0.0417 e. The van der Waals surface area contributed by atoms with Gasteiger partial charge in [-0.15, -0.1) is 0 Å². The van der Waals surface area contributed by atoms with Crippen molar-refractivity contribution in [1.29, 1.82) is 0 Å². The zero-order chi connectivity index (χ0) is 17.1. The van der Waals surface area contributed by atoms with Crippen LogP contribution in [-0.4, -0.2) is 63.3 Å². The second-order valence-electron chi connectivity index (χ2n) is 8.02. The highest BCUT2D eigenvalue weighted by atomic mass is 15.2. The molecule has 0 spiro atoms. The normalized spacial score (nSPS) is 23.9. The van der Waals surface area contributed by atoms with Crippen LogP contribution in [0.2, 0.25) is 0 Å². The van der Waals surface area contributed by atoms with Gasteiger partial charge in [0.05, 0.1) is 0 Å². The highest BCUT2D eigenvalue weighted by Crippen LogP contribution is 2.30. The summed E-state index contributed by atoms with van der Waals surface area (Å²) in [5, 5.41) is 3.46. The molecule has 0 bridgehead atoms. The van der Waals surface area contributed by atoms with E-state index >= 15 is 0 Å². The van der Waals surface area contributed by atoms with Crippen LogP contribution >= 0.6 is 0 Å². The Labute approximate surface area is 153 Å². The molecule has 3 fully saturated rings. The zero-order valence-electron chi connectivity index (χ0n) is 15.8. The first kappa shape index (κ1) is 17.2. The van der Waals surface area contributed by atoms with Crippen LogP contribution in [0.4, 0.5) is 11.4 Å². The Morgan fingerprint density at radius 2 is 1.56 bits per heavy atom. The first-order valence-corrected chi connectivity index (χ1v) is 10.4. The van der Waals surface area contributed by atoms with Gasteiger partial charge in [-0.25, -0.2) is 0 Å². The molecule has 3 aliphatic heterocycles. The number of hydrogen-bond acceptors (Lipinski definition) is 4. The molecule has 3 aliphatic rings. The van der Waals surface area contributed by atoms with Gasteiger partial charge in [0.25, 0.3) is 0 Å². The first-order chi connectivity index (χ1) is 12.3. The minimum absolute atomic E-state index is 0.828. The molecule has 138 valence electrons. The topological polar surface area (TPSA) is 21.8 Å². The minimum atomic E-state index is 0.828. The molecule has 3 heterocycles. The third kappa shape index (κ3) is 3.95. The Hall–Kier alpha value is -1.26.